The van der Waals surface area contributed by atoms with Crippen LogP contribution in [-0.2, 0) is 14.8 Å². The van der Waals surface area contributed by atoms with Crippen molar-refractivity contribution in [3.05, 3.63) is 59.5 Å². The summed E-state index contributed by atoms with van der Waals surface area (Å²) in [4.78, 5) is 26.9. The lowest BCUT2D eigenvalue weighted by Gasteiger charge is -2.35. The third kappa shape index (κ3) is 5.75. The van der Waals surface area contributed by atoms with E-state index < -0.39 is 10.0 Å². The Bertz CT molecular complexity index is 1350. The molecule has 184 valence electrons. The molecule has 3 aromatic rings. The van der Waals surface area contributed by atoms with E-state index in [2.05, 4.69) is 30.5 Å². The third-order valence-corrected chi connectivity index (χ3v) is 7.73. The van der Waals surface area contributed by atoms with Crippen LogP contribution < -0.4 is 15.5 Å². The number of carbonyl (C=O) groups excluding carboxylic acids is 1. The van der Waals surface area contributed by atoms with Gasteiger partial charge in [-0.3, -0.25) is 4.79 Å². The molecule has 1 aliphatic heterocycles. The first-order valence-electron chi connectivity index (χ1n) is 11.3. The van der Waals surface area contributed by atoms with E-state index in [0.717, 1.165) is 11.4 Å². The fourth-order valence-corrected chi connectivity index (χ4v) is 5.66. The van der Waals surface area contributed by atoms with Gasteiger partial charge in [-0.25, -0.2) is 23.4 Å². The molecule has 3 heterocycles. The summed E-state index contributed by atoms with van der Waals surface area (Å²) in [6, 6.07) is 10.5. The van der Waals surface area contributed by atoms with Crippen LogP contribution in [-0.4, -0.2) is 59.8 Å². The fraction of sp³-hybridized carbons (Fsp3) is 0.333. The van der Waals surface area contributed by atoms with E-state index in [4.69, 9.17) is 0 Å². The van der Waals surface area contributed by atoms with Gasteiger partial charge in [0.2, 0.25) is 15.9 Å². The summed E-state index contributed by atoms with van der Waals surface area (Å²) in [5, 5.41) is 5.90. The molecular weight excluding hydrogens is 466 g/mol. The Labute approximate surface area is 205 Å². The molecular formula is C24H29N7O3S. The highest BCUT2D eigenvalue weighted by Gasteiger charge is 2.30. The molecule has 1 aliphatic rings. The molecule has 0 unspecified atom stereocenters. The Balaban J connectivity index is 1.46. The van der Waals surface area contributed by atoms with Crippen molar-refractivity contribution in [2.75, 3.05) is 41.7 Å². The second kappa shape index (κ2) is 9.96. The minimum absolute atomic E-state index is 0.204. The highest BCUT2D eigenvalue weighted by molar-refractivity contribution is 7.89. The highest BCUT2D eigenvalue weighted by Crippen LogP contribution is 2.26. The molecule has 1 saturated heterocycles. The Kier molecular flexibility index (Phi) is 6.99. The molecule has 0 saturated carbocycles. The Morgan fingerprint density at radius 2 is 1.69 bits per heavy atom. The molecule has 2 aromatic heterocycles. The van der Waals surface area contributed by atoms with Crippen LogP contribution >= 0.6 is 0 Å². The van der Waals surface area contributed by atoms with Crippen LogP contribution in [0.1, 0.15) is 23.9 Å². The van der Waals surface area contributed by atoms with Crippen molar-refractivity contribution in [1.82, 2.24) is 19.3 Å². The van der Waals surface area contributed by atoms with E-state index in [0.29, 0.717) is 54.9 Å². The van der Waals surface area contributed by atoms with Gasteiger partial charge in [0, 0.05) is 51.1 Å². The maximum atomic E-state index is 13.3. The largest absolute Gasteiger partial charge is 0.354 e. The zero-order valence-corrected chi connectivity index (χ0v) is 21.1. The van der Waals surface area contributed by atoms with Crippen molar-refractivity contribution >= 4 is 39.1 Å². The van der Waals surface area contributed by atoms with Crippen molar-refractivity contribution < 1.29 is 13.2 Å². The zero-order valence-electron chi connectivity index (χ0n) is 20.2. The molecule has 1 amide bonds. The van der Waals surface area contributed by atoms with E-state index in [1.54, 1.807) is 31.3 Å². The van der Waals surface area contributed by atoms with Gasteiger partial charge in [0.25, 0.3) is 0 Å². The molecule has 1 fully saturated rings. The van der Waals surface area contributed by atoms with Gasteiger partial charge in [-0.1, -0.05) is 0 Å². The fourth-order valence-electron chi connectivity index (χ4n) is 4.03. The molecule has 0 bridgehead atoms. The number of nitrogens with zero attached hydrogens (tertiary/aromatic N) is 5. The number of hydrogen-bond acceptors (Lipinski definition) is 8. The van der Waals surface area contributed by atoms with E-state index in [1.165, 1.54) is 11.2 Å². The summed E-state index contributed by atoms with van der Waals surface area (Å²) in [7, 11) is -3.66. The highest BCUT2D eigenvalue weighted by atomic mass is 32.2. The third-order valence-electron chi connectivity index (χ3n) is 5.67. The average molecular weight is 496 g/mol. The molecule has 11 heteroatoms. The van der Waals surface area contributed by atoms with E-state index in [1.807, 2.05) is 32.0 Å². The lowest BCUT2D eigenvalue weighted by Crippen LogP contribution is -2.49. The van der Waals surface area contributed by atoms with E-state index in [9.17, 15) is 13.2 Å². The molecule has 0 atom stereocenters. The molecule has 35 heavy (non-hydrogen) atoms. The molecule has 1 aromatic carbocycles. The van der Waals surface area contributed by atoms with Gasteiger partial charge in [0.15, 0.2) is 0 Å². The van der Waals surface area contributed by atoms with Crippen LogP contribution in [0.15, 0.2) is 47.5 Å². The number of piperazine rings is 1. The SMILES string of the molecule is CC(=O)Nc1ccc(S(=O)(=O)N2CCN(c3cc(Nc4cc(C)ccn4)nc(C)n3)CC2)c(C)c1. The van der Waals surface area contributed by atoms with Crippen LogP contribution in [0, 0.1) is 20.8 Å². The predicted molar refractivity (Wildman–Crippen MR) is 135 cm³/mol. The number of nitrogens with one attached hydrogen (secondary N) is 2. The Hall–Kier alpha value is -3.57. The summed E-state index contributed by atoms with van der Waals surface area (Å²) in [6.07, 6.45) is 1.74. The minimum atomic E-state index is -3.66. The van der Waals surface area contributed by atoms with Crippen molar-refractivity contribution in [2.45, 2.75) is 32.6 Å². The molecule has 10 nitrogen and oxygen atoms in total. The molecule has 0 aliphatic carbocycles. The summed E-state index contributed by atoms with van der Waals surface area (Å²) in [5.74, 6) is 2.48. The second-order valence-electron chi connectivity index (χ2n) is 8.55. The Morgan fingerprint density at radius 3 is 2.34 bits per heavy atom. The van der Waals surface area contributed by atoms with Crippen LogP contribution in [0.5, 0.6) is 0 Å². The van der Waals surface area contributed by atoms with Gasteiger partial charge in [0.1, 0.15) is 23.3 Å². The van der Waals surface area contributed by atoms with Crippen molar-refractivity contribution in [2.24, 2.45) is 0 Å². The minimum Gasteiger partial charge on any atom is -0.354 e. The Morgan fingerprint density at radius 1 is 0.943 bits per heavy atom. The number of hydrogen-bond donors (Lipinski definition) is 2. The number of sulfonamides is 1. The number of carbonyl (C=O) groups is 1. The number of anilines is 4. The standard InChI is InChI=1S/C24H29N7O3S/c1-16-7-8-25-22(13-16)29-23-15-24(27-18(3)26-23)30-9-11-31(12-10-30)35(33,34)21-6-5-20(14-17(21)2)28-19(4)32/h5-8,13-15H,9-12H2,1-4H3,(H,28,32)(H,25,26,27,29). The first-order chi connectivity index (χ1) is 16.6. The summed E-state index contributed by atoms with van der Waals surface area (Å²) < 4.78 is 28.1. The van der Waals surface area contributed by atoms with Gasteiger partial charge in [0.05, 0.1) is 4.90 Å². The summed E-state index contributed by atoms with van der Waals surface area (Å²) in [6.45, 7) is 8.64. The van der Waals surface area contributed by atoms with Crippen molar-refractivity contribution in [1.29, 1.82) is 0 Å². The van der Waals surface area contributed by atoms with Gasteiger partial charge in [-0.2, -0.15) is 4.31 Å². The molecule has 0 spiro atoms. The number of benzene rings is 1. The van der Waals surface area contributed by atoms with E-state index in [-0.39, 0.29) is 10.8 Å². The monoisotopic (exact) mass is 495 g/mol. The first-order valence-corrected chi connectivity index (χ1v) is 12.7. The molecule has 2 N–H and O–H groups in total. The van der Waals surface area contributed by atoms with Gasteiger partial charge >= 0.3 is 0 Å². The number of rotatable bonds is 6. The van der Waals surface area contributed by atoms with Gasteiger partial charge in [-0.15, -0.1) is 0 Å². The van der Waals surface area contributed by atoms with Crippen LogP contribution in [0.2, 0.25) is 0 Å². The predicted octanol–water partition coefficient (Wildman–Crippen LogP) is 3.01. The summed E-state index contributed by atoms with van der Waals surface area (Å²) in [5.41, 5.74) is 2.25. The first kappa shape index (κ1) is 24.6. The van der Waals surface area contributed by atoms with Crippen LogP contribution in [0.4, 0.5) is 23.1 Å². The summed E-state index contributed by atoms with van der Waals surface area (Å²) >= 11 is 0. The molecule has 0 radical (unpaired) electrons. The quantitative estimate of drug-likeness (QED) is 0.535. The van der Waals surface area contributed by atoms with Crippen molar-refractivity contribution in [3.63, 3.8) is 0 Å². The maximum absolute atomic E-state index is 13.3. The second-order valence-corrected chi connectivity index (χ2v) is 10.5. The van der Waals surface area contributed by atoms with Crippen LogP contribution in [0.25, 0.3) is 0 Å². The average Bonchev–Trinajstić information content (AvgIpc) is 2.78. The maximum Gasteiger partial charge on any atom is 0.243 e. The topological polar surface area (TPSA) is 120 Å². The lowest BCUT2D eigenvalue weighted by molar-refractivity contribution is -0.114. The lowest BCUT2D eigenvalue weighted by atomic mass is 10.2. The van der Waals surface area contributed by atoms with Crippen molar-refractivity contribution in [3.8, 4) is 0 Å². The smallest absolute Gasteiger partial charge is 0.243 e. The molecule has 4 rings (SSSR count). The number of aromatic nitrogens is 3. The number of pyridine rings is 1. The zero-order chi connectivity index (χ0) is 25.2. The van der Waals surface area contributed by atoms with E-state index >= 15 is 0 Å². The normalized spacial score (nSPS) is 14.6. The number of amides is 1. The van der Waals surface area contributed by atoms with Gasteiger partial charge < -0.3 is 15.5 Å². The van der Waals surface area contributed by atoms with Crippen LogP contribution in [0.3, 0.4) is 0 Å². The van der Waals surface area contributed by atoms with Gasteiger partial charge in [-0.05, 0) is 62.2 Å². The number of aryl methyl sites for hydroxylation is 3.